The molecule has 0 unspecified atom stereocenters. The van der Waals surface area contributed by atoms with E-state index in [1.807, 2.05) is 0 Å². The van der Waals surface area contributed by atoms with Crippen molar-refractivity contribution in [1.82, 2.24) is 0 Å². The minimum absolute atomic E-state index is 0.665. The lowest BCUT2D eigenvalue weighted by atomic mass is 10.1. The van der Waals surface area contributed by atoms with Crippen LogP contribution in [0, 0.1) is 6.92 Å². The third kappa shape index (κ3) is 3.60. The molecule has 2 nitrogen and oxygen atoms in total. The van der Waals surface area contributed by atoms with Gasteiger partial charge in [0.1, 0.15) is 0 Å². The molecule has 0 aliphatic heterocycles. The largest absolute Gasteiger partial charge is 0.381 e. The van der Waals surface area contributed by atoms with Crippen LogP contribution in [0.3, 0.4) is 0 Å². The summed E-state index contributed by atoms with van der Waals surface area (Å²) < 4.78 is 5.14. The van der Waals surface area contributed by atoms with Crippen molar-refractivity contribution in [2.45, 2.75) is 20.1 Å². The maximum atomic E-state index is 5.14. The molecule has 94 valence electrons. The summed E-state index contributed by atoms with van der Waals surface area (Å²) in [4.78, 5) is 0. The van der Waals surface area contributed by atoms with Gasteiger partial charge in [-0.2, -0.15) is 0 Å². The van der Waals surface area contributed by atoms with Crippen LogP contribution in [0.4, 0.5) is 5.69 Å². The molecule has 0 aromatic heterocycles. The molecule has 2 aromatic rings. The first-order valence-corrected chi connectivity index (χ1v) is 6.15. The molecule has 2 rings (SSSR count). The zero-order chi connectivity index (χ0) is 12.8. The van der Waals surface area contributed by atoms with Crippen LogP contribution in [0.2, 0.25) is 0 Å². The third-order valence-corrected chi connectivity index (χ3v) is 2.82. The Bertz CT molecular complexity index is 508. The van der Waals surface area contributed by atoms with Gasteiger partial charge in [0, 0.05) is 19.3 Å². The van der Waals surface area contributed by atoms with E-state index >= 15 is 0 Å². The summed E-state index contributed by atoms with van der Waals surface area (Å²) in [6.45, 7) is 3.60. The van der Waals surface area contributed by atoms with Gasteiger partial charge < -0.3 is 10.1 Å². The van der Waals surface area contributed by atoms with E-state index in [4.69, 9.17) is 4.74 Å². The van der Waals surface area contributed by atoms with E-state index in [2.05, 4.69) is 60.8 Å². The highest BCUT2D eigenvalue weighted by Gasteiger charge is 1.97. The summed E-state index contributed by atoms with van der Waals surface area (Å²) in [7, 11) is 1.72. The van der Waals surface area contributed by atoms with Gasteiger partial charge in [0.25, 0.3) is 0 Å². The Morgan fingerprint density at radius 2 is 1.78 bits per heavy atom. The fraction of sp³-hybridized carbons (Fsp3) is 0.250. The molecule has 18 heavy (non-hydrogen) atoms. The van der Waals surface area contributed by atoms with Crippen molar-refractivity contribution in [3.8, 4) is 0 Å². The molecule has 0 amide bonds. The first-order chi connectivity index (χ1) is 8.78. The first-order valence-electron chi connectivity index (χ1n) is 6.15. The summed E-state index contributed by atoms with van der Waals surface area (Å²) in [6, 6.07) is 16.9. The summed E-state index contributed by atoms with van der Waals surface area (Å²) in [5.74, 6) is 0. The normalized spacial score (nSPS) is 10.3. The van der Waals surface area contributed by atoms with E-state index in [1.54, 1.807) is 7.11 Å². The number of anilines is 1. The number of methoxy groups -OCH3 is 1. The Balaban J connectivity index is 1.99. The predicted molar refractivity (Wildman–Crippen MR) is 75.7 cm³/mol. The van der Waals surface area contributed by atoms with Gasteiger partial charge >= 0.3 is 0 Å². The van der Waals surface area contributed by atoms with Crippen LogP contribution in [-0.2, 0) is 17.9 Å². The lowest BCUT2D eigenvalue weighted by Gasteiger charge is -2.08. The number of aryl methyl sites for hydroxylation is 1. The van der Waals surface area contributed by atoms with E-state index in [1.165, 1.54) is 16.7 Å². The van der Waals surface area contributed by atoms with Gasteiger partial charge in [-0.05, 0) is 35.7 Å². The number of nitrogens with one attached hydrogen (secondary N) is 1. The molecule has 0 atom stereocenters. The number of hydrogen-bond acceptors (Lipinski definition) is 2. The Kier molecular flexibility index (Phi) is 4.37. The van der Waals surface area contributed by atoms with E-state index in [0.717, 1.165) is 12.2 Å². The second-order valence-electron chi connectivity index (χ2n) is 4.48. The maximum Gasteiger partial charge on any atom is 0.0713 e. The smallest absolute Gasteiger partial charge is 0.0713 e. The molecule has 0 saturated heterocycles. The molecule has 0 aliphatic carbocycles. The van der Waals surface area contributed by atoms with Gasteiger partial charge in [-0.25, -0.2) is 0 Å². The lowest BCUT2D eigenvalue weighted by Crippen LogP contribution is -2.00. The number of rotatable bonds is 5. The van der Waals surface area contributed by atoms with E-state index in [9.17, 15) is 0 Å². The molecule has 0 fully saturated rings. The molecule has 0 heterocycles. The van der Waals surface area contributed by atoms with Crippen molar-refractivity contribution in [2.24, 2.45) is 0 Å². The van der Waals surface area contributed by atoms with Gasteiger partial charge in [0.05, 0.1) is 6.61 Å². The van der Waals surface area contributed by atoms with Crippen LogP contribution in [0.5, 0.6) is 0 Å². The van der Waals surface area contributed by atoms with Gasteiger partial charge in [-0.1, -0.05) is 36.4 Å². The summed E-state index contributed by atoms with van der Waals surface area (Å²) in [5, 5.41) is 3.43. The van der Waals surface area contributed by atoms with Gasteiger partial charge in [0.15, 0.2) is 0 Å². The van der Waals surface area contributed by atoms with E-state index < -0.39 is 0 Å². The highest BCUT2D eigenvalue weighted by Crippen LogP contribution is 2.12. The fourth-order valence-electron chi connectivity index (χ4n) is 1.96. The standard InChI is InChI=1S/C16H19NO/c1-13-5-3-8-16(9-13)17-11-14-6-4-7-15(10-14)12-18-2/h3-10,17H,11-12H2,1-2H3. The molecule has 2 heteroatoms. The van der Waals surface area contributed by atoms with Gasteiger partial charge in [-0.3, -0.25) is 0 Å². The Labute approximate surface area is 109 Å². The highest BCUT2D eigenvalue weighted by atomic mass is 16.5. The Hall–Kier alpha value is -1.80. The maximum absolute atomic E-state index is 5.14. The third-order valence-electron chi connectivity index (χ3n) is 2.82. The molecular formula is C16H19NO. The van der Waals surface area contributed by atoms with Crippen LogP contribution in [0.15, 0.2) is 48.5 Å². The van der Waals surface area contributed by atoms with Crippen LogP contribution < -0.4 is 5.32 Å². The van der Waals surface area contributed by atoms with E-state index in [0.29, 0.717) is 6.61 Å². The van der Waals surface area contributed by atoms with E-state index in [-0.39, 0.29) is 0 Å². The molecule has 0 saturated carbocycles. The average Bonchev–Trinajstić information content (AvgIpc) is 2.37. The van der Waals surface area contributed by atoms with Crippen molar-refractivity contribution < 1.29 is 4.74 Å². The quantitative estimate of drug-likeness (QED) is 0.860. The second kappa shape index (κ2) is 6.22. The number of ether oxygens (including phenoxy) is 1. The molecule has 0 bridgehead atoms. The van der Waals surface area contributed by atoms with Crippen LogP contribution in [-0.4, -0.2) is 7.11 Å². The summed E-state index contributed by atoms with van der Waals surface area (Å²) >= 11 is 0. The molecule has 1 N–H and O–H groups in total. The van der Waals surface area contributed by atoms with Crippen LogP contribution >= 0.6 is 0 Å². The van der Waals surface area contributed by atoms with Gasteiger partial charge in [0.2, 0.25) is 0 Å². The molecule has 0 radical (unpaired) electrons. The highest BCUT2D eigenvalue weighted by molar-refractivity contribution is 5.46. The fourth-order valence-corrected chi connectivity index (χ4v) is 1.96. The number of benzene rings is 2. The molecule has 0 aliphatic rings. The minimum Gasteiger partial charge on any atom is -0.381 e. The molecule has 2 aromatic carbocycles. The summed E-state index contributed by atoms with van der Waals surface area (Å²) in [6.07, 6.45) is 0. The number of hydrogen-bond donors (Lipinski definition) is 1. The van der Waals surface area contributed by atoms with Crippen molar-refractivity contribution in [3.05, 3.63) is 65.2 Å². The van der Waals surface area contributed by atoms with Gasteiger partial charge in [-0.15, -0.1) is 0 Å². The lowest BCUT2D eigenvalue weighted by molar-refractivity contribution is 0.185. The van der Waals surface area contributed by atoms with Crippen molar-refractivity contribution in [3.63, 3.8) is 0 Å². The predicted octanol–water partition coefficient (Wildman–Crippen LogP) is 3.75. The average molecular weight is 241 g/mol. The van der Waals surface area contributed by atoms with Crippen molar-refractivity contribution in [1.29, 1.82) is 0 Å². The topological polar surface area (TPSA) is 21.3 Å². The van der Waals surface area contributed by atoms with Crippen molar-refractivity contribution >= 4 is 5.69 Å². The Morgan fingerprint density at radius 1 is 1.00 bits per heavy atom. The zero-order valence-electron chi connectivity index (χ0n) is 10.9. The monoisotopic (exact) mass is 241 g/mol. The minimum atomic E-state index is 0.665. The first kappa shape index (κ1) is 12.7. The van der Waals surface area contributed by atoms with Crippen LogP contribution in [0.25, 0.3) is 0 Å². The zero-order valence-corrected chi connectivity index (χ0v) is 10.9. The second-order valence-corrected chi connectivity index (χ2v) is 4.48. The van der Waals surface area contributed by atoms with Crippen LogP contribution in [0.1, 0.15) is 16.7 Å². The Morgan fingerprint density at radius 3 is 2.56 bits per heavy atom. The summed E-state index contributed by atoms with van der Waals surface area (Å²) in [5.41, 5.74) is 4.91. The van der Waals surface area contributed by atoms with Crippen molar-refractivity contribution in [2.75, 3.05) is 12.4 Å². The molecule has 0 spiro atoms. The molecular weight excluding hydrogens is 222 g/mol. The SMILES string of the molecule is COCc1cccc(CNc2cccc(C)c2)c1.